The van der Waals surface area contributed by atoms with Gasteiger partial charge >= 0.3 is 5.97 Å². The van der Waals surface area contributed by atoms with Gasteiger partial charge in [-0.15, -0.1) is 0 Å². The first kappa shape index (κ1) is 18.0. The van der Waals surface area contributed by atoms with Gasteiger partial charge in [0, 0.05) is 7.05 Å². The van der Waals surface area contributed by atoms with E-state index >= 15 is 0 Å². The minimum atomic E-state index is -0.442. The van der Waals surface area contributed by atoms with Gasteiger partial charge in [0.1, 0.15) is 5.75 Å². The van der Waals surface area contributed by atoms with E-state index in [1.165, 1.54) is 7.11 Å². The van der Waals surface area contributed by atoms with Crippen molar-refractivity contribution in [1.82, 2.24) is 9.78 Å². The highest BCUT2D eigenvalue weighted by molar-refractivity contribution is 9.10. The molecule has 2 rings (SSSR count). The number of carbonyl (C=O) groups excluding carboxylic acids is 2. The molecule has 1 heterocycles. The van der Waals surface area contributed by atoms with Crippen LogP contribution in [0.4, 0.5) is 5.69 Å². The van der Waals surface area contributed by atoms with Gasteiger partial charge in [0.05, 0.1) is 34.2 Å². The molecule has 0 bridgehead atoms. The number of aryl methyl sites for hydroxylation is 2. The Morgan fingerprint density at radius 2 is 2.04 bits per heavy atom. The van der Waals surface area contributed by atoms with Gasteiger partial charge in [-0.25, -0.2) is 4.79 Å². The van der Waals surface area contributed by atoms with E-state index in [1.807, 2.05) is 20.9 Å². The van der Waals surface area contributed by atoms with Crippen molar-refractivity contribution in [2.75, 3.05) is 19.0 Å². The first-order valence-electron chi connectivity index (χ1n) is 7.14. The van der Waals surface area contributed by atoms with E-state index in [4.69, 9.17) is 4.74 Å². The molecule has 7 nitrogen and oxygen atoms in total. The van der Waals surface area contributed by atoms with Crippen molar-refractivity contribution < 1.29 is 19.1 Å². The van der Waals surface area contributed by atoms with Crippen molar-refractivity contribution in [3.63, 3.8) is 0 Å². The number of methoxy groups -OCH3 is 1. The maximum absolute atomic E-state index is 12.1. The summed E-state index contributed by atoms with van der Waals surface area (Å²) in [6.07, 6.45) is 0. The summed E-state index contributed by atoms with van der Waals surface area (Å²) in [5.41, 5.74) is 2.69. The Morgan fingerprint density at radius 1 is 1.33 bits per heavy atom. The van der Waals surface area contributed by atoms with Crippen LogP contribution in [0.5, 0.6) is 5.75 Å². The highest BCUT2D eigenvalue weighted by atomic mass is 79.9. The minimum absolute atomic E-state index is 0.163. The third kappa shape index (κ3) is 3.94. The van der Waals surface area contributed by atoms with E-state index in [1.54, 1.807) is 22.9 Å². The molecule has 1 amide bonds. The molecule has 0 fully saturated rings. The van der Waals surface area contributed by atoms with Gasteiger partial charge in [-0.05, 0) is 48.0 Å². The van der Waals surface area contributed by atoms with Crippen LogP contribution in [0, 0.1) is 13.8 Å². The highest BCUT2D eigenvalue weighted by Crippen LogP contribution is 2.26. The summed E-state index contributed by atoms with van der Waals surface area (Å²) >= 11 is 3.31. The number of halogens is 1. The van der Waals surface area contributed by atoms with Crippen molar-refractivity contribution in [3.05, 3.63) is 39.6 Å². The second-order valence-electron chi connectivity index (χ2n) is 5.14. The Bertz CT molecular complexity index is 786. The Balaban J connectivity index is 2.00. The molecule has 0 saturated carbocycles. The molecule has 1 N–H and O–H groups in total. The first-order chi connectivity index (χ1) is 11.3. The van der Waals surface area contributed by atoms with Crippen molar-refractivity contribution in [1.29, 1.82) is 0 Å². The topological polar surface area (TPSA) is 82.4 Å². The number of benzene rings is 1. The number of amides is 1. The van der Waals surface area contributed by atoms with Crippen molar-refractivity contribution >= 4 is 33.5 Å². The maximum Gasteiger partial charge on any atom is 0.337 e. The summed E-state index contributed by atoms with van der Waals surface area (Å²) in [5.74, 6) is -0.280. The zero-order chi connectivity index (χ0) is 17.9. The largest absolute Gasteiger partial charge is 0.483 e. The van der Waals surface area contributed by atoms with Crippen LogP contribution in [0.2, 0.25) is 0 Å². The number of aromatic nitrogens is 2. The molecular weight excluding hydrogens is 378 g/mol. The van der Waals surface area contributed by atoms with Crippen LogP contribution < -0.4 is 10.1 Å². The zero-order valence-corrected chi connectivity index (χ0v) is 15.4. The normalized spacial score (nSPS) is 10.4. The molecule has 0 aliphatic carbocycles. The van der Waals surface area contributed by atoms with Gasteiger partial charge in [0.2, 0.25) is 0 Å². The highest BCUT2D eigenvalue weighted by Gasteiger charge is 2.14. The number of nitrogens with zero attached hydrogens (tertiary/aromatic N) is 2. The van der Waals surface area contributed by atoms with Crippen LogP contribution in [0.15, 0.2) is 22.7 Å². The Labute approximate surface area is 148 Å². The van der Waals surface area contributed by atoms with Gasteiger partial charge in [-0.1, -0.05) is 0 Å². The monoisotopic (exact) mass is 395 g/mol. The average Bonchev–Trinajstić information content (AvgIpc) is 2.79. The number of hydrogen-bond acceptors (Lipinski definition) is 5. The van der Waals surface area contributed by atoms with Crippen LogP contribution in [0.3, 0.4) is 0 Å². The summed E-state index contributed by atoms with van der Waals surface area (Å²) < 4.78 is 12.4. The summed E-state index contributed by atoms with van der Waals surface area (Å²) in [7, 11) is 3.13. The van der Waals surface area contributed by atoms with Crippen LogP contribution in [0.25, 0.3) is 0 Å². The van der Waals surface area contributed by atoms with Crippen molar-refractivity contribution in [2.24, 2.45) is 7.05 Å². The van der Waals surface area contributed by atoms with E-state index in [9.17, 15) is 9.59 Å². The van der Waals surface area contributed by atoms with Crippen molar-refractivity contribution in [2.45, 2.75) is 13.8 Å². The molecule has 128 valence electrons. The van der Waals surface area contributed by atoms with Crippen LogP contribution in [-0.2, 0) is 16.6 Å². The van der Waals surface area contributed by atoms with Gasteiger partial charge in [0.25, 0.3) is 5.91 Å². The Hall–Kier alpha value is -2.35. The molecule has 8 heteroatoms. The van der Waals surface area contributed by atoms with E-state index < -0.39 is 5.97 Å². The smallest absolute Gasteiger partial charge is 0.337 e. The minimum Gasteiger partial charge on any atom is -0.483 e. The lowest BCUT2D eigenvalue weighted by atomic mass is 10.2. The van der Waals surface area contributed by atoms with E-state index in [-0.39, 0.29) is 12.5 Å². The molecule has 24 heavy (non-hydrogen) atoms. The maximum atomic E-state index is 12.1. The summed E-state index contributed by atoms with van der Waals surface area (Å²) in [6.45, 7) is 3.54. The third-order valence-electron chi connectivity index (χ3n) is 3.49. The second kappa shape index (κ2) is 7.48. The summed E-state index contributed by atoms with van der Waals surface area (Å²) in [6, 6.07) is 4.75. The standard InChI is InChI=1S/C16H18BrN3O4/c1-9-15(10(2)20(3)19-9)18-14(21)8-24-13-6-5-11(7-12(13)17)16(22)23-4/h5-7H,8H2,1-4H3,(H,18,21). The fraction of sp³-hybridized carbons (Fsp3) is 0.312. The molecule has 0 aliphatic heterocycles. The molecular formula is C16H18BrN3O4. The lowest BCUT2D eigenvalue weighted by Crippen LogP contribution is -2.21. The number of nitrogens with one attached hydrogen (secondary N) is 1. The quantitative estimate of drug-likeness (QED) is 0.786. The van der Waals surface area contributed by atoms with Gasteiger partial charge in [0.15, 0.2) is 6.61 Å². The molecule has 0 saturated heterocycles. The summed E-state index contributed by atoms with van der Waals surface area (Å²) in [5, 5.41) is 7.03. The SMILES string of the molecule is COC(=O)c1ccc(OCC(=O)Nc2c(C)nn(C)c2C)c(Br)c1. The predicted octanol–water partition coefficient (Wildman–Crippen LogP) is 2.60. The molecule has 2 aromatic rings. The fourth-order valence-corrected chi connectivity index (χ4v) is 2.63. The molecule has 0 aliphatic rings. The average molecular weight is 396 g/mol. The van der Waals surface area contributed by atoms with Crippen molar-refractivity contribution in [3.8, 4) is 5.75 Å². The van der Waals surface area contributed by atoms with E-state index in [0.29, 0.717) is 21.5 Å². The number of rotatable bonds is 5. The number of hydrogen-bond donors (Lipinski definition) is 1. The molecule has 0 radical (unpaired) electrons. The van der Waals surface area contributed by atoms with Gasteiger partial charge in [-0.3, -0.25) is 9.48 Å². The van der Waals surface area contributed by atoms with E-state index in [2.05, 4.69) is 31.1 Å². The number of carbonyl (C=O) groups is 2. The number of ether oxygens (including phenoxy) is 2. The fourth-order valence-electron chi connectivity index (χ4n) is 2.14. The van der Waals surface area contributed by atoms with Gasteiger partial charge < -0.3 is 14.8 Å². The Kier molecular flexibility index (Phi) is 5.61. The lowest BCUT2D eigenvalue weighted by molar-refractivity contribution is -0.118. The predicted molar refractivity (Wildman–Crippen MR) is 92.3 cm³/mol. The molecule has 0 unspecified atom stereocenters. The first-order valence-corrected chi connectivity index (χ1v) is 7.93. The number of anilines is 1. The second-order valence-corrected chi connectivity index (χ2v) is 6.00. The molecule has 1 aromatic carbocycles. The molecule has 0 spiro atoms. The number of esters is 1. The zero-order valence-electron chi connectivity index (χ0n) is 13.8. The van der Waals surface area contributed by atoms with Gasteiger partial charge in [-0.2, -0.15) is 5.10 Å². The van der Waals surface area contributed by atoms with Crippen LogP contribution >= 0.6 is 15.9 Å². The lowest BCUT2D eigenvalue weighted by Gasteiger charge is -2.10. The molecule has 0 atom stereocenters. The van der Waals surface area contributed by atoms with Crippen LogP contribution in [-0.4, -0.2) is 35.4 Å². The third-order valence-corrected chi connectivity index (χ3v) is 4.10. The van der Waals surface area contributed by atoms with Crippen LogP contribution in [0.1, 0.15) is 21.7 Å². The Morgan fingerprint density at radius 3 is 2.58 bits per heavy atom. The molecule has 1 aromatic heterocycles. The van der Waals surface area contributed by atoms with E-state index in [0.717, 1.165) is 11.4 Å². The summed E-state index contributed by atoms with van der Waals surface area (Å²) in [4.78, 5) is 23.5.